The molecule has 0 amide bonds. The Labute approximate surface area is 130 Å². The number of aryl methyl sites for hydroxylation is 1. The van der Waals surface area contributed by atoms with Crippen molar-refractivity contribution in [3.8, 4) is 11.5 Å². The van der Waals surface area contributed by atoms with Crippen molar-refractivity contribution in [3.63, 3.8) is 0 Å². The van der Waals surface area contributed by atoms with Gasteiger partial charge in [-0.1, -0.05) is 17.7 Å². The van der Waals surface area contributed by atoms with Gasteiger partial charge in [-0.2, -0.15) is 0 Å². The van der Waals surface area contributed by atoms with Crippen LogP contribution in [0.4, 0.5) is 0 Å². The van der Waals surface area contributed by atoms with Gasteiger partial charge >= 0.3 is 0 Å². The summed E-state index contributed by atoms with van der Waals surface area (Å²) in [5.74, 6) is 1.84. The fourth-order valence-corrected chi connectivity index (χ4v) is 2.67. The van der Waals surface area contributed by atoms with Crippen LogP contribution in [0.25, 0.3) is 0 Å². The van der Waals surface area contributed by atoms with E-state index in [1.807, 2.05) is 12.1 Å². The molecule has 0 aliphatic heterocycles. The van der Waals surface area contributed by atoms with Gasteiger partial charge in [-0.05, 0) is 56.4 Å². The minimum Gasteiger partial charge on any atom is -0.457 e. The predicted octanol–water partition coefficient (Wildman–Crippen LogP) is 4.76. The van der Waals surface area contributed by atoms with Crippen LogP contribution in [0.3, 0.4) is 0 Å². The summed E-state index contributed by atoms with van der Waals surface area (Å²) in [5, 5.41) is 3.56. The molecule has 2 nitrogen and oxygen atoms in total. The quantitative estimate of drug-likeness (QED) is 0.777. The second kappa shape index (κ2) is 6.54. The van der Waals surface area contributed by atoms with Gasteiger partial charge in [0.15, 0.2) is 0 Å². The van der Waals surface area contributed by atoms with Gasteiger partial charge in [0, 0.05) is 23.0 Å². The Hall–Kier alpha value is -1.45. The van der Waals surface area contributed by atoms with Crippen LogP contribution in [0.15, 0.2) is 47.4 Å². The van der Waals surface area contributed by atoms with Crippen LogP contribution in [0.2, 0.25) is 0 Å². The summed E-state index contributed by atoms with van der Waals surface area (Å²) in [5.41, 5.74) is 2.50. The topological polar surface area (TPSA) is 21.3 Å². The summed E-state index contributed by atoms with van der Waals surface area (Å²) in [6.45, 7) is 3.00. The molecule has 0 aromatic heterocycles. The third kappa shape index (κ3) is 4.02. The number of thioether (sulfide) groups is 1. The van der Waals surface area contributed by atoms with Crippen molar-refractivity contribution in [2.75, 3.05) is 6.26 Å². The summed E-state index contributed by atoms with van der Waals surface area (Å²) in [4.78, 5) is 1.25. The fourth-order valence-electron chi connectivity index (χ4n) is 2.26. The van der Waals surface area contributed by atoms with Gasteiger partial charge in [0.1, 0.15) is 11.5 Å². The van der Waals surface area contributed by atoms with Crippen LogP contribution >= 0.6 is 11.8 Å². The zero-order valence-electron chi connectivity index (χ0n) is 12.6. The average Bonchev–Trinajstić information content (AvgIpc) is 3.32. The van der Waals surface area contributed by atoms with Gasteiger partial charge < -0.3 is 10.1 Å². The molecule has 21 heavy (non-hydrogen) atoms. The third-order valence-corrected chi connectivity index (χ3v) is 4.41. The number of hydrogen-bond acceptors (Lipinski definition) is 3. The SMILES string of the molecule is CSc1ccc(Oc2ccc(C)cc2CNC2CC2)cc1. The zero-order chi connectivity index (χ0) is 14.7. The lowest BCUT2D eigenvalue weighted by atomic mass is 10.1. The molecular formula is C18H21NOS. The fraction of sp³-hybridized carbons (Fsp3) is 0.333. The standard InChI is InChI=1S/C18H21NOS/c1-13-3-10-18(14(11-13)12-19-15-4-5-15)20-16-6-8-17(21-2)9-7-16/h3,6-11,15,19H,4-5,12H2,1-2H3. The minimum atomic E-state index is 0.708. The molecule has 0 unspecified atom stereocenters. The monoisotopic (exact) mass is 299 g/mol. The Bertz CT molecular complexity index is 605. The molecule has 1 saturated carbocycles. The van der Waals surface area contributed by atoms with E-state index in [-0.39, 0.29) is 0 Å². The lowest BCUT2D eigenvalue weighted by molar-refractivity contribution is 0.472. The first-order valence-electron chi connectivity index (χ1n) is 7.39. The maximum atomic E-state index is 6.07. The van der Waals surface area contributed by atoms with E-state index in [2.05, 4.69) is 48.8 Å². The van der Waals surface area contributed by atoms with E-state index >= 15 is 0 Å². The number of benzene rings is 2. The highest BCUT2D eigenvalue weighted by Crippen LogP contribution is 2.29. The van der Waals surface area contributed by atoms with Crippen LogP contribution < -0.4 is 10.1 Å². The number of nitrogens with one attached hydrogen (secondary N) is 1. The maximum absolute atomic E-state index is 6.07. The molecule has 0 radical (unpaired) electrons. The molecule has 110 valence electrons. The molecule has 3 rings (SSSR count). The summed E-state index contributed by atoms with van der Waals surface area (Å²) in [7, 11) is 0. The van der Waals surface area contributed by atoms with E-state index in [1.54, 1.807) is 11.8 Å². The van der Waals surface area contributed by atoms with E-state index in [4.69, 9.17) is 4.74 Å². The predicted molar refractivity (Wildman–Crippen MR) is 89.3 cm³/mol. The second-order valence-corrected chi connectivity index (χ2v) is 6.42. The normalized spacial score (nSPS) is 14.2. The summed E-state index contributed by atoms with van der Waals surface area (Å²) in [6, 6.07) is 15.3. The van der Waals surface area contributed by atoms with Crippen LogP contribution in [0.5, 0.6) is 11.5 Å². The van der Waals surface area contributed by atoms with E-state index in [0.29, 0.717) is 6.04 Å². The Balaban J connectivity index is 1.75. The third-order valence-electron chi connectivity index (χ3n) is 3.66. The largest absolute Gasteiger partial charge is 0.457 e. The minimum absolute atomic E-state index is 0.708. The summed E-state index contributed by atoms with van der Waals surface area (Å²) >= 11 is 1.74. The number of hydrogen-bond donors (Lipinski definition) is 1. The lowest BCUT2D eigenvalue weighted by Crippen LogP contribution is -2.15. The highest BCUT2D eigenvalue weighted by molar-refractivity contribution is 7.98. The second-order valence-electron chi connectivity index (χ2n) is 5.54. The van der Waals surface area contributed by atoms with E-state index in [0.717, 1.165) is 18.0 Å². The molecule has 1 aliphatic carbocycles. The summed E-state index contributed by atoms with van der Waals surface area (Å²) in [6.07, 6.45) is 4.69. The molecular weight excluding hydrogens is 278 g/mol. The molecule has 3 heteroatoms. The molecule has 2 aromatic carbocycles. The van der Waals surface area contributed by atoms with Crippen molar-refractivity contribution in [2.45, 2.75) is 37.2 Å². The van der Waals surface area contributed by atoms with E-state index < -0.39 is 0 Å². The van der Waals surface area contributed by atoms with Gasteiger partial charge in [0.05, 0.1) is 0 Å². The Morgan fingerprint density at radius 3 is 2.57 bits per heavy atom. The highest BCUT2D eigenvalue weighted by Gasteiger charge is 2.20. The van der Waals surface area contributed by atoms with Crippen molar-refractivity contribution in [1.29, 1.82) is 0 Å². The Morgan fingerprint density at radius 1 is 1.14 bits per heavy atom. The van der Waals surface area contributed by atoms with Gasteiger partial charge in [0.25, 0.3) is 0 Å². The molecule has 1 fully saturated rings. The van der Waals surface area contributed by atoms with Crippen molar-refractivity contribution in [1.82, 2.24) is 5.32 Å². The van der Waals surface area contributed by atoms with E-state index in [9.17, 15) is 0 Å². The zero-order valence-corrected chi connectivity index (χ0v) is 13.4. The Kier molecular flexibility index (Phi) is 4.51. The van der Waals surface area contributed by atoms with Crippen LogP contribution in [0.1, 0.15) is 24.0 Å². The number of ether oxygens (including phenoxy) is 1. The van der Waals surface area contributed by atoms with Gasteiger partial charge in [0.2, 0.25) is 0 Å². The lowest BCUT2D eigenvalue weighted by Gasteiger charge is -2.13. The molecule has 2 aromatic rings. The Morgan fingerprint density at radius 2 is 1.90 bits per heavy atom. The first-order valence-corrected chi connectivity index (χ1v) is 8.62. The van der Waals surface area contributed by atoms with E-state index in [1.165, 1.54) is 28.9 Å². The molecule has 1 aliphatic rings. The van der Waals surface area contributed by atoms with Crippen LogP contribution in [-0.4, -0.2) is 12.3 Å². The van der Waals surface area contributed by atoms with Crippen LogP contribution in [0, 0.1) is 6.92 Å². The van der Waals surface area contributed by atoms with Crippen molar-refractivity contribution < 1.29 is 4.74 Å². The van der Waals surface area contributed by atoms with Gasteiger partial charge in [-0.25, -0.2) is 0 Å². The molecule has 0 heterocycles. The molecule has 0 spiro atoms. The van der Waals surface area contributed by atoms with Crippen LogP contribution in [-0.2, 0) is 6.54 Å². The van der Waals surface area contributed by atoms with Crippen molar-refractivity contribution in [2.24, 2.45) is 0 Å². The first-order chi connectivity index (χ1) is 10.2. The number of rotatable bonds is 6. The maximum Gasteiger partial charge on any atom is 0.131 e. The molecule has 0 saturated heterocycles. The summed E-state index contributed by atoms with van der Waals surface area (Å²) < 4.78 is 6.07. The smallest absolute Gasteiger partial charge is 0.131 e. The average molecular weight is 299 g/mol. The van der Waals surface area contributed by atoms with Gasteiger partial charge in [-0.3, -0.25) is 0 Å². The van der Waals surface area contributed by atoms with Gasteiger partial charge in [-0.15, -0.1) is 11.8 Å². The molecule has 0 atom stereocenters. The highest BCUT2D eigenvalue weighted by atomic mass is 32.2. The first kappa shape index (κ1) is 14.5. The molecule has 1 N–H and O–H groups in total. The molecule has 0 bridgehead atoms. The van der Waals surface area contributed by atoms with Crippen molar-refractivity contribution in [3.05, 3.63) is 53.6 Å². The van der Waals surface area contributed by atoms with Crippen molar-refractivity contribution >= 4 is 11.8 Å².